The number of hydrogen-bond donors (Lipinski definition) is 3. The van der Waals surface area contributed by atoms with Gasteiger partial charge in [-0.2, -0.15) is 11.8 Å². The van der Waals surface area contributed by atoms with Crippen LogP contribution >= 0.6 is 11.8 Å². The van der Waals surface area contributed by atoms with Gasteiger partial charge >= 0.3 is 12.0 Å². The van der Waals surface area contributed by atoms with E-state index < -0.39 is 5.97 Å². The molecule has 0 aromatic carbocycles. The van der Waals surface area contributed by atoms with Gasteiger partial charge in [0, 0.05) is 24.3 Å². The summed E-state index contributed by atoms with van der Waals surface area (Å²) in [7, 11) is 0. The van der Waals surface area contributed by atoms with E-state index in [0.717, 1.165) is 6.42 Å². The number of carbonyl (C=O) groups excluding carboxylic acids is 1. The Balaban J connectivity index is 3.58. The number of carboxylic acids is 1. The van der Waals surface area contributed by atoms with Gasteiger partial charge in [0.1, 0.15) is 0 Å². The monoisotopic (exact) mass is 276 g/mol. The zero-order valence-corrected chi connectivity index (χ0v) is 12.2. The van der Waals surface area contributed by atoms with Crippen LogP contribution in [0.3, 0.4) is 0 Å². The molecule has 0 aliphatic carbocycles. The number of rotatable bonds is 9. The fourth-order valence-electron chi connectivity index (χ4n) is 1.41. The van der Waals surface area contributed by atoms with Crippen LogP contribution in [-0.2, 0) is 4.79 Å². The first kappa shape index (κ1) is 17.1. The molecule has 0 spiro atoms. The first-order valence-corrected chi connectivity index (χ1v) is 7.53. The Morgan fingerprint density at radius 3 is 2.50 bits per heavy atom. The number of amides is 2. The molecular weight excluding hydrogens is 252 g/mol. The fourth-order valence-corrected chi connectivity index (χ4v) is 1.77. The summed E-state index contributed by atoms with van der Waals surface area (Å²) in [5, 5.41) is 14.6. The molecule has 0 rings (SSSR count). The van der Waals surface area contributed by atoms with E-state index in [1.807, 2.05) is 6.92 Å². The van der Waals surface area contributed by atoms with Gasteiger partial charge in [0.2, 0.25) is 0 Å². The predicted octanol–water partition coefficient (Wildman–Crippen LogP) is 2.07. The standard InChI is InChI=1S/C12H24N2O3S/c1-9(5-4-6-11(15)16)14-12(17)13-8-7-10(2)18-3/h9-10H,4-8H2,1-3H3,(H,15,16)(H2,13,14,17). The van der Waals surface area contributed by atoms with Gasteiger partial charge < -0.3 is 15.7 Å². The number of urea groups is 1. The average molecular weight is 276 g/mol. The minimum absolute atomic E-state index is 0.00215. The van der Waals surface area contributed by atoms with E-state index in [1.54, 1.807) is 11.8 Å². The number of carbonyl (C=O) groups is 2. The lowest BCUT2D eigenvalue weighted by atomic mass is 10.1. The zero-order chi connectivity index (χ0) is 14.0. The number of thioether (sulfide) groups is 1. The summed E-state index contributed by atoms with van der Waals surface area (Å²) in [4.78, 5) is 21.8. The number of hydrogen-bond acceptors (Lipinski definition) is 3. The predicted molar refractivity (Wildman–Crippen MR) is 75.1 cm³/mol. The lowest BCUT2D eigenvalue weighted by Gasteiger charge is -2.15. The highest BCUT2D eigenvalue weighted by Gasteiger charge is 2.08. The maximum absolute atomic E-state index is 11.5. The molecular formula is C12H24N2O3S. The second-order valence-corrected chi connectivity index (χ2v) is 5.70. The van der Waals surface area contributed by atoms with Crippen LogP contribution in [0.2, 0.25) is 0 Å². The molecule has 0 aromatic heterocycles. The van der Waals surface area contributed by atoms with E-state index in [1.165, 1.54) is 0 Å². The van der Waals surface area contributed by atoms with Crippen molar-refractivity contribution in [3.05, 3.63) is 0 Å². The molecule has 0 fully saturated rings. The van der Waals surface area contributed by atoms with Crippen LogP contribution in [0.4, 0.5) is 4.79 Å². The molecule has 0 aromatic rings. The van der Waals surface area contributed by atoms with Gasteiger partial charge in [0.05, 0.1) is 0 Å². The van der Waals surface area contributed by atoms with Crippen LogP contribution in [0.1, 0.15) is 39.5 Å². The first-order chi connectivity index (χ1) is 8.45. The molecule has 106 valence electrons. The molecule has 3 N–H and O–H groups in total. The summed E-state index contributed by atoms with van der Waals surface area (Å²) in [5.41, 5.74) is 0. The molecule has 2 atom stereocenters. The molecule has 0 heterocycles. The third-order valence-corrected chi connectivity index (χ3v) is 3.68. The van der Waals surface area contributed by atoms with Crippen molar-refractivity contribution in [3.8, 4) is 0 Å². The van der Waals surface area contributed by atoms with E-state index in [4.69, 9.17) is 5.11 Å². The second kappa shape index (κ2) is 10.1. The first-order valence-electron chi connectivity index (χ1n) is 6.24. The van der Waals surface area contributed by atoms with Crippen molar-refractivity contribution in [2.24, 2.45) is 0 Å². The van der Waals surface area contributed by atoms with Crippen molar-refractivity contribution in [1.82, 2.24) is 10.6 Å². The van der Waals surface area contributed by atoms with Gasteiger partial charge in [-0.3, -0.25) is 4.79 Å². The van der Waals surface area contributed by atoms with Crippen molar-refractivity contribution in [2.45, 2.75) is 50.8 Å². The molecule has 2 amide bonds. The molecule has 0 aliphatic heterocycles. The Hall–Kier alpha value is -0.910. The minimum atomic E-state index is -0.794. The van der Waals surface area contributed by atoms with Crippen LogP contribution in [0.15, 0.2) is 0 Å². The Bertz CT molecular complexity index is 262. The highest BCUT2D eigenvalue weighted by atomic mass is 32.2. The Labute approximate surface area is 113 Å². The molecule has 2 unspecified atom stereocenters. The Kier molecular flexibility index (Phi) is 9.55. The van der Waals surface area contributed by atoms with Gasteiger partial charge in [0.15, 0.2) is 0 Å². The molecule has 0 radical (unpaired) electrons. The summed E-state index contributed by atoms with van der Waals surface area (Å²) >= 11 is 1.78. The maximum Gasteiger partial charge on any atom is 0.314 e. The van der Waals surface area contributed by atoms with Gasteiger partial charge in [0.25, 0.3) is 0 Å². The van der Waals surface area contributed by atoms with Gasteiger partial charge in [-0.15, -0.1) is 0 Å². The topological polar surface area (TPSA) is 78.4 Å². The van der Waals surface area contributed by atoms with Crippen molar-refractivity contribution in [3.63, 3.8) is 0 Å². The minimum Gasteiger partial charge on any atom is -0.481 e. The summed E-state index contributed by atoms with van der Waals surface area (Å²) in [6, 6.07) is -0.173. The van der Waals surface area contributed by atoms with E-state index in [0.29, 0.717) is 24.6 Å². The number of carboxylic acid groups (broad SMARTS) is 1. The lowest BCUT2D eigenvalue weighted by molar-refractivity contribution is -0.137. The second-order valence-electron chi connectivity index (χ2n) is 4.42. The quantitative estimate of drug-likeness (QED) is 0.602. The summed E-state index contributed by atoms with van der Waals surface area (Å²) in [6.07, 6.45) is 4.41. The van der Waals surface area contributed by atoms with Crippen molar-refractivity contribution >= 4 is 23.8 Å². The maximum atomic E-state index is 11.5. The normalized spacial score (nSPS) is 13.7. The highest BCUT2D eigenvalue weighted by Crippen LogP contribution is 2.07. The zero-order valence-electron chi connectivity index (χ0n) is 11.4. The van der Waals surface area contributed by atoms with Gasteiger partial charge in [-0.25, -0.2) is 4.79 Å². The summed E-state index contributed by atoms with van der Waals surface area (Å²) in [5.74, 6) is -0.794. The van der Waals surface area contributed by atoms with Crippen LogP contribution in [0.5, 0.6) is 0 Å². The summed E-state index contributed by atoms with van der Waals surface area (Å²) < 4.78 is 0. The third kappa shape index (κ3) is 10.3. The average Bonchev–Trinajstić information content (AvgIpc) is 2.28. The van der Waals surface area contributed by atoms with Crippen LogP contribution < -0.4 is 10.6 Å². The Morgan fingerprint density at radius 2 is 1.94 bits per heavy atom. The van der Waals surface area contributed by atoms with Crippen LogP contribution in [-0.4, -0.2) is 41.2 Å². The van der Waals surface area contributed by atoms with E-state index in [2.05, 4.69) is 23.8 Å². The SMILES string of the molecule is CSC(C)CCNC(=O)NC(C)CCCC(=O)O. The third-order valence-electron chi connectivity index (χ3n) is 2.64. The Morgan fingerprint density at radius 1 is 1.28 bits per heavy atom. The largest absolute Gasteiger partial charge is 0.481 e. The van der Waals surface area contributed by atoms with Crippen molar-refractivity contribution in [1.29, 1.82) is 0 Å². The smallest absolute Gasteiger partial charge is 0.314 e. The number of aliphatic carboxylic acids is 1. The van der Waals surface area contributed by atoms with Crippen LogP contribution in [0.25, 0.3) is 0 Å². The van der Waals surface area contributed by atoms with Crippen LogP contribution in [0, 0.1) is 0 Å². The van der Waals surface area contributed by atoms with E-state index in [9.17, 15) is 9.59 Å². The molecule has 0 aliphatic rings. The van der Waals surface area contributed by atoms with E-state index >= 15 is 0 Å². The molecule has 6 heteroatoms. The number of nitrogens with one attached hydrogen (secondary N) is 2. The molecule has 5 nitrogen and oxygen atoms in total. The summed E-state index contributed by atoms with van der Waals surface area (Å²) in [6.45, 7) is 4.67. The van der Waals surface area contributed by atoms with Gasteiger partial charge in [-0.05, 0) is 32.4 Å². The highest BCUT2D eigenvalue weighted by molar-refractivity contribution is 7.99. The molecule has 0 saturated carbocycles. The van der Waals surface area contributed by atoms with E-state index in [-0.39, 0.29) is 18.5 Å². The molecule has 18 heavy (non-hydrogen) atoms. The fraction of sp³-hybridized carbons (Fsp3) is 0.833. The van der Waals surface area contributed by atoms with Crippen molar-refractivity contribution in [2.75, 3.05) is 12.8 Å². The van der Waals surface area contributed by atoms with Gasteiger partial charge in [-0.1, -0.05) is 6.92 Å². The molecule has 0 bridgehead atoms. The molecule has 0 saturated heterocycles. The van der Waals surface area contributed by atoms with Crippen molar-refractivity contribution < 1.29 is 14.7 Å². The lowest BCUT2D eigenvalue weighted by Crippen LogP contribution is -2.41.